The van der Waals surface area contributed by atoms with Gasteiger partial charge in [0.1, 0.15) is 0 Å². The Morgan fingerprint density at radius 2 is 1.93 bits per heavy atom. The molecule has 1 aromatic carbocycles. The number of likely N-dealkylation sites (N-methyl/N-ethyl adjacent to an activating group) is 1. The summed E-state index contributed by atoms with van der Waals surface area (Å²) in [7, 11) is 5.90. The zero-order valence-corrected chi connectivity index (χ0v) is 19.9. The quantitative estimate of drug-likeness (QED) is 0.288. The van der Waals surface area contributed by atoms with Gasteiger partial charge in [0.2, 0.25) is 5.91 Å². The van der Waals surface area contributed by atoms with Crippen molar-refractivity contribution in [3.8, 4) is 0 Å². The number of primary amides is 1. The first-order valence-corrected chi connectivity index (χ1v) is 9.66. The average Bonchev–Trinajstić information content (AvgIpc) is 2.63. The summed E-state index contributed by atoms with van der Waals surface area (Å²) in [6.45, 7) is 2.80. The number of nitrogens with two attached hydrogens (primary N) is 1. The molecule has 0 aliphatic carbocycles. The molecule has 1 fully saturated rings. The topological polar surface area (TPSA) is 86.0 Å². The maximum atomic E-state index is 11.0. The van der Waals surface area contributed by atoms with E-state index in [0.29, 0.717) is 12.6 Å². The number of amides is 1. The number of carbonyl (C=O) groups excluding carboxylic acids is 1. The van der Waals surface area contributed by atoms with Crippen LogP contribution in [0.2, 0.25) is 5.02 Å². The van der Waals surface area contributed by atoms with Gasteiger partial charge in [-0.3, -0.25) is 14.7 Å². The fraction of sp³-hybridized carbons (Fsp3) is 0.579. The molecule has 9 heteroatoms. The van der Waals surface area contributed by atoms with Crippen LogP contribution in [0.4, 0.5) is 0 Å². The highest BCUT2D eigenvalue weighted by molar-refractivity contribution is 14.0. The van der Waals surface area contributed by atoms with Gasteiger partial charge in [-0.05, 0) is 44.6 Å². The van der Waals surface area contributed by atoms with E-state index in [4.69, 9.17) is 17.3 Å². The Morgan fingerprint density at radius 3 is 2.43 bits per heavy atom. The summed E-state index contributed by atoms with van der Waals surface area (Å²) in [5.74, 6) is 0.528. The molecular formula is C19H32ClIN6O. The van der Waals surface area contributed by atoms with Crippen molar-refractivity contribution >= 4 is 47.4 Å². The van der Waals surface area contributed by atoms with Gasteiger partial charge in [0.05, 0.1) is 12.6 Å². The molecule has 1 saturated heterocycles. The second-order valence-electron chi connectivity index (χ2n) is 7.15. The van der Waals surface area contributed by atoms with Crippen molar-refractivity contribution in [2.75, 3.05) is 47.3 Å². The Kier molecular flexibility index (Phi) is 11.1. The first-order valence-electron chi connectivity index (χ1n) is 9.28. The molecule has 2 rings (SSSR count). The predicted molar refractivity (Wildman–Crippen MR) is 126 cm³/mol. The van der Waals surface area contributed by atoms with Gasteiger partial charge in [0, 0.05) is 37.7 Å². The lowest BCUT2D eigenvalue weighted by molar-refractivity contribution is -0.119. The molecular weight excluding hydrogens is 491 g/mol. The molecule has 1 aliphatic rings. The van der Waals surface area contributed by atoms with Gasteiger partial charge in [0.15, 0.2) is 5.96 Å². The third kappa shape index (κ3) is 8.10. The summed E-state index contributed by atoms with van der Waals surface area (Å²) in [6.07, 6.45) is 1.92. The van der Waals surface area contributed by atoms with Crippen LogP contribution in [0, 0.1) is 0 Å². The standard InChI is InChI=1S/C19H31ClN6O.HI/c1-22-19(24-16-8-10-26(11-9-16)13-18(21)27)23-12-17(25(2)3)14-4-6-15(20)7-5-14;/h4-7,16-17H,8-13H2,1-3H3,(H2,21,27)(H2,22,23,24);1H. The summed E-state index contributed by atoms with van der Waals surface area (Å²) in [4.78, 5) is 19.7. The van der Waals surface area contributed by atoms with E-state index >= 15 is 0 Å². The number of benzene rings is 1. The largest absolute Gasteiger partial charge is 0.369 e. The summed E-state index contributed by atoms with van der Waals surface area (Å²) in [6, 6.07) is 8.49. The molecule has 0 bridgehead atoms. The minimum absolute atomic E-state index is 0. The van der Waals surface area contributed by atoms with Gasteiger partial charge < -0.3 is 21.3 Å². The molecule has 4 N–H and O–H groups in total. The van der Waals surface area contributed by atoms with E-state index in [1.165, 1.54) is 5.56 Å². The maximum absolute atomic E-state index is 11.0. The molecule has 0 radical (unpaired) electrons. The van der Waals surface area contributed by atoms with Crippen molar-refractivity contribution in [3.05, 3.63) is 34.9 Å². The Labute approximate surface area is 190 Å². The molecule has 1 atom stereocenters. The van der Waals surface area contributed by atoms with Crippen molar-refractivity contribution in [3.63, 3.8) is 0 Å². The maximum Gasteiger partial charge on any atom is 0.231 e. The second-order valence-corrected chi connectivity index (χ2v) is 7.58. The number of aliphatic imine (C=N–C) groups is 1. The van der Waals surface area contributed by atoms with E-state index in [-0.39, 0.29) is 35.9 Å². The van der Waals surface area contributed by atoms with Crippen LogP contribution < -0.4 is 16.4 Å². The van der Waals surface area contributed by atoms with Crippen molar-refractivity contribution in [1.29, 1.82) is 0 Å². The summed E-state index contributed by atoms with van der Waals surface area (Å²) in [5.41, 5.74) is 6.47. The van der Waals surface area contributed by atoms with Crippen molar-refractivity contribution in [1.82, 2.24) is 20.4 Å². The zero-order chi connectivity index (χ0) is 19.8. The highest BCUT2D eigenvalue weighted by atomic mass is 127. The monoisotopic (exact) mass is 522 g/mol. The molecule has 1 aromatic rings. The summed E-state index contributed by atoms with van der Waals surface area (Å²) < 4.78 is 0. The first kappa shape index (κ1) is 24.9. The summed E-state index contributed by atoms with van der Waals surface area (Å²) >= 11 is 6.00. The normalized spacial score (nSPS) is 17.1. The third-order valence-corrected chi connectivity index (χ3v) is 5.12. The predicted octanol–water partition coefficient (Wildman–Crippen LogP) is 1.68. The number of hydrogen-bond donors (Lipinski definition) is 3. The van der Waals surface area contributed by atoms with E-state index < -0.39 is 0 Å². The van der Waals surface area contributed by atoms with Crippen LogP contribution in [0.25, 0.3) is 0 Å². The molecule has 1 heterocycles. The highest BCUT2D eigenvalue weighted by Gasteiger charge is 2.21. The Hall–Kier alpha value is -1.10. The van der Waals surface area contributed by atoms with E-state index in [2.05, 4.69) is 51.7 Å². The molecule has 0 spiro atoms. The smallest absolute Gasteiger partial charge is 0.231 e. The number of nitrogens with zero attached hydrogens (tertiary/aromatic N) is 3. The molecule has 1 unspecified atom stereocenters. The lowest BCUT2D eigenvalue weighted by Crippen LogP contribution is -2.50. The molecule has 1 amide bonds. The lowest BCUT2D eigenvalue weighted by atomic mass is 10.0. The van der Waals surface area contributed by atoms with Gasteiger partial charge in [0.25, 0.3) is 0 Å². The third-order valence-electron chi connectivity index (χ3n) is 4.87. The van der Waals surface area contributed by atoms with Crippen LogP contribution in [0.5, 0.6) is 0 Å². The minimum Gasteiger partial charge on any atom is -0.369 e. The molecule has 158 valence electrons. The fourth-order valence-corrected chi connectivity index (χ4v) is 3.45. The Morgan fingerprint density at radius 1 is 1.32 bits per heavy atom. The molecule has 1 aliphatic heterocycles. The van der Waals surface area contributed by atoms with Crippen LogP contribution in [0.1, 0.15) is 24.4 Å². The van der Waals surface area contributed by atoms with Gasteiger partial charge in [-0.1, -0.05) is 23.7 Å². The first-order chi connectivity index (χ1) is 12.9. The van der Waals surface area contributed by atoms with Crippen molar-refractivity contribution < 1.29 is 4.79 Å². The molecule has 0 aromatic heterocycles. The zero-order valence-electron chi connectivity index (χ0n) is 16.8. The number of likely N-dealkylation sites (tertiary alicyclic amines) is 1. The average molecular weight is 523 g/mol. The molecule has 7 nitrogen and oxygen atoms in total. The van der Waals surface area contributed by atoms with Gasteiger partial charge in [-0.2, -0.15) is 0 Å². The number of piperidine rings is 1. The van der Waals surface area contributed by atoms with Crippen LogP contribution in [0.3, 0.4) is 0 Å². The lowest BCUT2D eigenvalue weighted by Gasteiger charge is -2.33. The molecule has 0 saturated carbocycles. The van der Waals surface area contributed by atoms with E-state index in [1.54, 1.807) is 7.05 Å². The van der Waals surface area contributed by atoms with Crippen molar-refractivity contribution in [2.45, 2.75) is 24.9 Å². The van der Waals surface area contributed by atoms with Crippen LogP contribution in [0.15, 0.2) is 29.3 Å². The van der Waals surface area contributed by atoms with Crippen LogP contribution >= 0.6 is 35.6 Å². The second kappa shape index (κ2) is 12.5. The van der Waals surface area contributed by atoms with E-state index in [9.17, 15) is 4.79 Å². The number of hydrogen-bond acceptors (Lipinski definition) is 4. The Balaban J connectivity index is 0.00000392. The number of halogens is 2. The minimum atomic E-state index is -0.268. The SMILES string of the molecule is CN=C(NCC(c1ccc(Cl)cc1)N(C)C)NC1CCN(CC(N)=O)CC1.I. The number of nitrogens with one attached hydrogen (secondary N) is 2. The van der Waals surface area contributed by atoms with Gasteiger partial charge in [-0.15, -0.1) is 24.0 Å². The number of rotatable bonds is 7. The van der Waals surface area contributed by atoms with Gasteiger partial charge in [-0.25, -0.2) is 0 Å². The number of carbonyl (C=O) groups is 1. The fourth-order valence-electron chi connectivity index (χ4n) is 3.32. The van der Waals surface area contributed by atoms with E-state index in [0.717, 1.165) is 43.5 Å². The number of guanidine groups is 1. The van der Waals surface area contributed by atoms with Crippen LogP contribution in [-0.2, 0) is 4.79 Å². The van der Waals surface area contributed by atoms with Crippen molar-refractivity contribution in [2.24, 2.45) is 10.7 Å². The van der Waals surface area contributed by atoms with Crippen LogP contribution in [-0.4, -0.2) is 75.0 Å². The van der Waals surface area contributed by atoms with E-state index in [1.807, 2.05) is 12.1 Å². The Bertz CT molecular complexity index is 632. The highest BCUT2D eigenvalue weighted by Crippen LogP contribution is 2.19. The summed E-state index contributed by atoms with van der Waals surface area (Å²) in [5, 5.41) is 7.66. The molecule has 28 heavy (non-hydrogen) atoms. The van der Waals surface area contributed by atoms with Gasteiger partial charge >= 0.3 is 0 Å².